The van der Waals surface area contributed by atoms with Crippen LogP contribution in [-0.2, 0) is 0 Å². The molecule has 22 heavy (non-hydrogen) atoms. The van der Waals surface area contributed by atoms with Crippen LogP contribution >= 0.6 is 0 Å². The number of hydrogen-bond donors (Lipinski definition) is 1. The molecular formula is C19H15NO2. The van der Waals surface area contributed by atoms with Gasteiger partial charge in [-0.3, -0.25) is 4.99 Å². The molecule has 3 rings (SSSR count). The summed E-state index contributed by atoms with van der Waals surface area (Å²) in [6.07, 6.45) is 1.70. The van der Waals surface area contributed by atoms with Crippen LogP contribution in [0.5, 0.6) is 17.2 Å². The van der Waals surface area contributed by atoms with Gasteiger partial charge < -0.3 is 9.84 Å². The fraction of sp³-hybridized carbons (Fsp3) is 0. The van der Waals surface area contributed by atoms with Crippen LogP contribution in [0.3, 0.4) is 0 Å². The number of rotatable bonds is 4. The molecule has 0 unspecified atom stereocenters. The van der Waals surface area contributed by atoms with Crippen LogP contribution in [0.25, 0.3) is 0 Å². The van der Waals surface area contributed by atoms with Gasteiger partial charge >= 0.3 is 0 Å². The molecule has 108 valence electrons. The second-order valence-electron chi connectivity index (χ2n) is 4.73. The standard InChI is InChI=1S/C19H15NO2/c21-19-12-5-4-11-18(19)20-14-15-7-6-10-17(13-15)22-16-8-2-1-3-9-16/h1-14,21H. The summed E-state index contributed by atoms with van der Waals surface area (Å²) in [7, 11) is 0. The number of phenols is 1. The molecular weight excluding hydrogens is 274 g/mol. The summed E-state index contributed by atoms with van der Waals surface area (Å²) in [5.41, 5.74) is 1.44. The Hall–Kier alpha value is -3.07. The molecule has 0 aliphatic heterocycles. The predicted octanol–water partition coefficient (Wildman–Crippen LogP) is 4.94. The Kier molecular flexibility index (Phi) is 4.16. The van der Waals surface area contributed by atoms with E-state index in [-0.39, 0.29) is 5.75 Å². The van der Waals surface area contributed by atoms with Gasteiger partial charge in [0.2, 0.25) is 0 Å². The fourth-order valence-electron chi connectivity index (χ4n) is 2.00. The maximum Gasteiger partial charge on any atom is 0.141 e. The molecule has 3 nitrogen and oxygen atoms in total. The average molecular weight is 289 g/mol. The van der Waals surface area contributed by atoms with Gasteiger partial charge in [-0.2, -0.15) is 0 Å². The Labute approximate surface area is 129 Å². The first kappa shape index (κ1) is 13.9. The van der Waals surface area contributed by atoms with Crippen LogP contribution in [-0.4, -0.2) is 11.3 Å². The molecule has 0 radical (unpaired) electrons. The molecule has 0 fully saturated rings. The minimum atomic E-state index is 0.162. The van der Waals surface area contributed by atoms with E-state index in [9.17, 15) is 5.11 Å². The smallest absolute Gasteiger partial charge is 0.141 e. The van der Waals surface area contributed by atoms with Crippen LogP contribution in [0.15, 0.2) is 83.9 Å². The lowest BCUT2D eigenvalue weighted by atomic mass is 10.2. The van der Waals surface area contributed by atoms with Gasteiger partial charge in [0, 0.05) is 6.21 Å². The van der Waals surface area contributed by atoms with Crippen molar-refractivity contribution in [2.75, 3.05) is 0 Å². The van der Waals surface area contributed by atoms with Crippen LogP contribution in [0.1, 0.15) is 5.56 Å². The first-order valence-electron chi connectivity index (χ1n) is 6.96. The molecule has 0 bridgehead atoms. The van der Waals surface area contributed by atoms with E-state index in [1.165, 1.54) is 0 Å². The third-order valence-corrected chi connectivity index (χ3v) is 3.07. The third-order valence-electron chi connectivity index (χ3n) is 3.07. The topological polar surface area (TPSA) is 41.8 Å². The lowest BCUT2D eigenvalue weighted by molar-refractivity contribution is 0.477. The van der Waals surface area contributed by atoms with Gasteiger partial charge in [0.05, 0.1) is 0 Å². The molecule has 0 atom stereocenters. The van der Waals surface area contributed by atoms with Crippen molar-refractivity contribution < 1.29 is 9.84 Å². The summed E-state index contributed by atoms with van der Waals surface area (Å²) in [4.78, 5) is 4.29. The summed E-state index contributed by atoms with van der Waals surface area (Å²) >= 11 is 0. The highest BCUT2D eigenvalue weighted by Crippen LogP contribution is 2.25. The molecule has 3 aromatic rings. The number of para-hydroxylation sites is 3. The summed E-state index contributed by atoms with van der Waals surface area (Å²) in [5.74, 6) is 1.69. The number of phenolic OH excluding ortho intramolecular Hbond substituents is 1. The van der Waals surface area contributed by atoms with Crippen molar-refractivity contribution >= 4 is 11.9 Å². The van der Waals surface area contributed by atoms with E-state index < -0.39 is 0 Å². The van der Waals surface area contributed by atoms with Crippen molar-refractivity contribution in [3.63, 3.8) is 0 Å². The molecule has 0 saturated carbocycles. The second kappa shape index (κ2) is 6.59. The van der Waals surface area contributed by atoms with E-state index >= 15 is 0 Å². The van der Waals surface area contributed by atoms with Gasteiger partial charge in [0.1, 0.15) is 22.9 Å². The summed E-state index contributed by atoms with van der Waals surface area (Å²) in [6, 6.07) is 24.2. The van der Waals surface area contributed by atoms with E-state index in [4.69, 9.17) is 4.74 Å². The molecule has 1 N–H and O–H groups in total. The first-order chi connectivity index (χ1) is 10.8. The van der Waals surface area contributed by atoms with Crippen molar-refractivity contribution in [3.05, 3.63) is 84.4 Å². The summed E-state index contributed by atoms with van der Waals surface area (Å²) in [5, 5.41) is 9.70. The minimum Gasteiger partial charge on any atom is -0.506 e. The van der Waals surface area contributed by atoms with Crippen LogP contribution in [0.2, 0.25) is 0 Å². The lowest BCUT2D eigenvalue weighted by Gasteiger charge is -2.05. The average Bonchev–Trinajstić information content (AvgIpc) is 2.55. The lowest BCUT2D eigenvalue weighted by Crippen LogP contribution is -1.86. The van der Waals surface area contributed by atoms with Gasteiger partial charge in [0.25, 0.3) is 0 Å². The number of hydrogen-bond acceptors (Lipinski definition) is 3. The van der Waals surface area contributed by atoms with Gasteiger partial charge in [0.15, 0.2) is 0 Å². The van der Waals surface area contributed by atoms with Gasteiger partial charge in [-0.15, -0.1) is 0 Å². The zero-order valence-electron chi connectivity index (χ0n) is 11.9. The van der Waals surface area contributed by atoms with E-state index in [0.29, 0.717) is 5.69 Å². The van der Waals surface area contributed by atoms with Gasteiger partial charge in [-0.05, 0) is 42.0 Å². The molecule has 0 aliphatic carbocycles. The van der Waals surface area contributed by atoms with Crippen LogP contribution in [0.4, 0.5) is 5.69 Å². The molecule has 0 amide bonds. The SMILES string of the molecule is Oc1ccccc1N=Cc1cccc(Oc2ccccc2)c1. The van der Waals surface area contributed by atoms with E-state index in [1.54, 1.807) is 24.4 Å². The largest absolute Gasteiger partial charge is 0.506 e. The van der Waals surface area contributed by atoms with Gasteiger partial charge in [-0.1, -0.05) is 42.5 Å². The van der Waals surface area contributed by atoms with E-state index in [2.05, 4.69) is 4.99 Å². The first-order valence-corrected chi connectivity index (χ1v) is 6.96. The fourth-order valence-corrected chi connectivity index (χ4v) is 2.00. The highest BCUT2D eigenvalue weighted by molar-refractivity contribution is 5.83. The second-order valence-corrected chi connectivity index (χ2v) is 4.73. The molecule has 0 saturated heterocycles. The Morgan fingerprint density at radius 2 is 1.50 bits per heavy atom. The minimum absolute atomic E-state index is 0.162. The summed E-state index contributed by atoms with van der Waals surface area (Å²) < 4.78 is 5.78. The molecule has 3 aromatic carbocycles. The quantitative estimate of drug-likeness (QED) is 0.691. The normalized spacial score (nSPS) is 10.7. The molecule has 0 heterocycles. The Balaban J connectivity index is 1.78. The van der Waals surface area contributed by atoms with Crippen molar-refractivity contribution in [3.8, 4) is 17.2 Å². The summed E-state index contributed by atoms with van der Waals surface area (Å²) in [6.45, 7) is 0. The third kappa shape index (κ3) is 3.52. The highest BCUT2D eigenvalue weighted by atomic mass is 16.5. The maximum atomic E-state index is 9.70. The van der Waals surface area contributed by atoms with Crippen molar-refractivity contribution in [2.45, 2.75) is 0 Å². The number of aliphatic imine (C=N–C) groups is 1. The zero-order chi connectivity index (χ0) is 15.2. The maximum absolute atomic E-state index is 9.70. The highest BCUT2D eigenvalue weighted by Gasteiger charge is 1.99. The zero-order valence-corrected chi connectivity index (χ0v) is 11.9. The van der Waals surface area contributed by atoms with E-state index in [0.717, 1.165) is 17.1 Å². The molecule has 0 spiro atoms. The Morgan fingerprint density at radius 1 is 0.773 bits per heavy atom. The number of nitrogens with zero attached hydrogens (tertiary/aromatic N) is 1. The van der Waals surface area contributed by atoms with Crippen LogP contribution < -0.4 is 4.74 Å². The van der Waals surface area contributed by atoms with Crippen molar-refractivity contribution in [1.29, 1.82) is 0 Å². The molecule has 3 heteroatoms. The predicted molar refractivity (Wildman–Crippen MR) is 88.3 cm³/mol. The van der Waals surface area contributed by atoms with Gasteiger partial charge in [-0.25, -0.2) is 0 Å². The molecule has 0 aromatic heterocycles. The monoisotopic (exact) mass is 289 g/mol. The van der Waals surface area contributed by atoms with Crippen molar-refractivity contribution in [1.82, 2.24) is 0 Å². The number of aromatic hydroxyl groups is 1. The van der Waals surface area contributed by atoms with E-state index in [1.807, 2.05) is 60.7 Å². The number of benzene rings is 3. The Morgan fingerprint density at radius 3 is 2.32 bits per heavy atom. The van der Waals surface area contributed by atoms with Crippen LogP contribution in [0, 0.1) is 0 Å². The van der Waals surface area contributed by atoms with Crippen molar-refractivity contribution in [2.24, 2.45) is 4.99 Å². The Bertz CT molecular complexity index is 782. The number of ether oxygens (including phenoxy) is 1. The molecule has 0 aliphatic rings.